The van der Waals surface area contributed by atoms with Gasteiger partial charge >= 0.3 is 6.03 Å². The molecule has 0 radical (unpaired) electrons. The Bertz CT molecular complexity index is 476. The highest BCUT2D eigenvalue weighted by Crippen LogP contribution is 2.13. The molecule has 0 unspecified atom stereocenters. The van der Waals surface area contributed by atoms with Crippen molar-refractivity contribution < 1.29 is 9.53 Å². The normalized spacial score (nSPS) is 19.0. The average molecular weight is 291 g/mol. The highest BCUT2D eigenvalue weighted by Gasteiger charge is 2.22. The average Bonchev–Trinajstić information content (AvgIpc) is 3.11. The number of rotatable bonds is 6. The van der Waals surface area contributed by atoms with Crippen LogP contribution in [-0.4, -0.2) is 57.5 Å². The molecule has 0 bridgehead atoms. The molecule has 1 aliphatic rings. The van der Waals surface area contributed by atoms with E-state index in [0.717, 1.165) is 19.4 Å². The largest absolute Gasteiger partial charge is 0.376 e. The number of amides is 2. The minimum atomic E-state index is -0.170. The fourth-order valence-corrected chi connectivity index (χ4v) is 2.32. The van der Waals surface area contributed by atoms with Gasteiger partial charge in [0.05, 0.1) is 19.2 Å². The van der Waals surface area contributed by atoms with Gasteiger partial charge in [0.15, 0.2) is 0 Å². The van der Waals surface area contributed by atoms with Crippen molar-refractivity contribution in [1.29, 1.82) is 0 Å². The lowest BCUT2D eigenvalue weighted by atomic mass is 10.2. The van der Waals surface area contributed by atoms with E-state index in [-0.39, 0.29) is 24.7 Å². The molecule has 0 spiro atoms. The molecule has 1 N–H and O–H groups in total. The van der Waals surface area contributed by atoms with Crippen molar-refractivity contribution >= 4 is 6.03 Å². The van der Waals surface area contributed by atoms with Crippen molar-refractivity contribution in [3.05, 3.63) is 12.7 Å². The molecule has 1 aromatic heterocycles. The second-order valence-corrected chi connectivity index (χ2v) is 5.19. The van der Waals surface area contributed by atoms with E-state index < -0.39 is 0 Å². The summed E-state index contributed by atoms with van der Waals surface area (Å²) in [4.78, 5) is 17.8. The monoisotopic (exact) mass is 291 g/mol. The molecule has 2 atom stereocenters. The predicted octanol–water partition coefficient (Wildman–Crippen LogP) is 0.490. The number of hydrogen-bond donors (Lipinski definition) is 1. The molecule has 7 nitrogen and oxygen atoms in total. The molecular weight excluding hydrogens is 270 g/mol. The summed E-state index contributed by atoms with van der Waals surface area (Å²) in [5.74, 6) is 2.52. The van der Waals surface area contributed by atoms with Crippen LogP contribution in [0.5, 0.6) is 0 Å². The third-order valence-corrected chi connectivity index (χ3v) is 3.31. The summed E-state index contributed by atoms with van der Waals surface area (Å²) < 4.78 is 7.23. The van der Waals surface area contributed by atoms with E-state index in [1.54, 1.807) is 15.9 Å². The first-order valence-corrected chi connectivity index (χ1v) is 7.12. The van der Waals surface area contributed by atoms with E-state index in [1.807, 2.05) is 6.92 Å². The summed E-state index contributed by atoms with van der Waals surface area (Å²) in [6.45, 7) is 4.06. The fraction of sp³-hybridized carbons (Fsp3) is 0.643. The maximum absolute atomic E-state index is 12.3. The van der Waals surface area contributed by atoms with Crippen molar-refractivity contribution in [2.45, 2.75) is 38.5 Å². The SMILES string of the molecule is C#CCN(C[C@@H]1CCCO1)C(=O)N[C@@H](C)Cn1cncn1. The molecule has 2 heterocycles. The smallest absolute Gasteiger partial charge is 0.318 e. The van der Waals surface area contributed by atoms with Gasteiger partial charge in [-0.2, -0.15) is 5.10 Å². The maximum atomic E-state index is 12.3. The Balaban J connectivity index is 1.83. The molecule has 0 aromatic carbocycles. The molecule has 21 heavy (non-hydrogen) atoms. The van der Waals surface area contributed by atoms with Gasteiger partial charge in [0.1, 0.15) is 12.7 Å². The van der Waals surface area contributed by atoms with Crippen LogP contribution in [0.4, 0.5) is 4.79 Å². The van der Waals surface area contributed by atoms with E-state index >= 15 is 0 Å². The topological polar surface area (TPSA) is 72.3 Å². The van der Waals surface area contributed by atoms with Crippen molar-refractivity contribution in [2.24, 2.45) is 0 Å². The van der Waals surface area contributed by atoms with Gasteiger partial charge in [0.25, 0.3) is 0 Å². The Morgan fingerprint density at radius 2 is 2.57 bits per heavy atom. The Hall–Kier alpha value is -2.07. The Morgan fingerprint density at radius 1 is 1.71 bits per heavy atom. The second-order valence-electron chi connectivity index (χ2n) is 5.19. The zero-order chi connectivity index (χ0) is 15.1. The highest BCUT2D eigenvalue weighted by atomic mass is 16.5. The van der Waals surface area contributed by atoms with Crippen LogP contribution in [0.15, 0.2) is 12.7 Å². The van der Waals surface area contributed by atoms with Gasteiger partial charge in [-0.1, -0.05) is 5.92 Å². The number of nitrogens with one attached hydrogen (secondary N) is 1. The summed E-state index contributed by atoms with van der Waals surface area (Å²) >= 11 is 0. The Labute approximate surface area is 124 Å². The van der Waals surface area contributed by atoms with Gasteiger partial charge in [-0.05, 0) is 19.8 Å². The highest BCUT2D eigenvalue weighted by molar-refractivity contribution is 5.74. The predicted molar refractivity (Wildman–Crippen MR) is 77.4 cm³/mol. The van der Waals surface area contributed by atoms with Crippen LogP contribution in [0.1, 0.15) is 19.8 Å². The van der Waals surface area contributed by atoms with Crippen molar-refractivity contribution in [3.63, 3.8) is 0 Å². The van der Waals surface area contributed by atoms with Crippen LogP contribution in [0, 0.1) is 12.3 Å². The van der Waals surface area contributed by atoms with Crippen LogP contribution in [0.2, 0.25) is 0 Å². The lowest BCUT2D eigenvalue weighted by Crippen LogP contribution is -2.47. The summed E-state index contributed by atoms with van der Waals surface area (Å²) in [6.07, 6.45) is 10.5. The first-order chi connectivity index (χ1) is 10.2. The Kier molecular flexibility index (Phi) is 5.58. The molecule has 1 aromatic rings. The van der Waals surface area contributed by atoms with E-state index in [2.05, 4.69) is 21.3 Å². The van der Waals surface area contributed by atoms with E-state index in [1.165, 1.54) is 6.33 Å². The zero-order valence-electron chi connectivity index (χ0n) is 12.2. The molecule has 0 saturated carbocycles. The van der Waals surface area contributed by atoms with E-state index in [4.69, 9.17) is 11.2 Å². The number of aromatic nitrogens is 3. The zero-order valence-corrected chi connectivity index (χ0v) is 12.2. The van der Waals surface area contributed by atoms with Gasteiger partial charge in [0, 0.05) is 19.2 Å². The van der Waals surface area contributed by atoms with Crippen LogP contribution in [0.3, 0.4) is 0 Å². The van der Waals surface area contributed by atoms with Crippen molar-refractivity contribution in [1.82, 2.24) is 25.0 Å². The summed E-state index contributed by atoms with van der Waals surface area (Å²) in [5.41, 5.74) is 0. The molecule has 2 amide bonds. The quantitative estimate of drug-likeness (QED) is 0.774. The number of carbonyl (C=O) groups excluding carboxylic acids is 1. The minimum absolute atomic E-state index is 0.0658. The third-order valence-electron chi connectivity index (χ3n) is 3.31. The standard InChI is InChI=1S/C14H21N5O2/c1-3-6-18(9-13-5-4-7-21-13)14(20)17-12(2)8-19-11-15-10-16-19/h1,10-13H,4-9H2,2H3,(H,17,20)/t12-,13-/m0/s1. The molecule has 1 aliphatic heterocycles. The number of carbonyl (C=O) groups is 1. The van der Waals surface area contributed by atoms with Crippen LogP contribution >= 0.6 is 0 Å². The molecule has 114 valence electrons. The number of hydrogen-bond acceptors (Lipinski definition) is 4. The number of nitrogens with zero attached hydrogens (tertiary/aromatic N) is 4. The second kappa shape index (κ2) is 7.64. The maximum Gasteiger partial charge on any atom is 0.318 e. The molecule has 7 heteroatoms. The van der Waals surface area contributed by atoms with Gasteiger partial charge < -0.3 is 15.0 Å². The molecule has 2 rings (SSSR count). The van der Waals surface area contributed by atoms with Crippen molar-refractivity contribution in [3.8, 4) is 12.3 Å². The number of ether oxygens (including phenoxy) is 1. The third kappa shape index (κ3) is 4.76. The fourth-order valence-electron chi connectivity index (χ4n) is 2.32. The van der Waals surface area contributed by atoms with Crippen molar-refractivity contribution in [2.75, 3.05) is 19.7 Å². The summed E-state index contributed by atoms with van der Waals surface area (Å²) in [6, 6.07) is -0.236. The lowest BCUT2D eigenvalue weighted by Gasteiger charge is -2.25. The summed E-state index contributed by atoms with van der Waals surface area (Å²) in [7, 11) is 0. The molecular formula is C14H21N5O2. The van der Waals surface area contributed by atoms with E-state index in [9.17, 15) is 4.79 Å². The minimum Gasteiger partial charge on any atom is -0.376 e. The number of terminal acetylenes is 1. The first kappa shape index (κ1) is 15.3. The van der Waals surface area contributed by atoms with Gasteiger partial charge in [-0.15, -0.1) is 6.42 Å². The first-order valence-electron chi connectivity index (χ1n) is 7.12. The molecule has 1 fully saturated rings. The molecule has 1 saturated heterocycles. The summed E-state index contributed by atoms with van der Waals surface area (Å²) in [5, 5.41) is 6.94. The number of urea groups is 1. The van der Waals surface area contributed by atoms with Gasteiger partial charge in [-0.25, -0.2) is 9.78 Å². The lowest BCUT2D eigenvalue weighted by molar-refractivity contribution is 0.0840. The Morgan fingerprint density at radius 3 is 3.19 bits per heavy atom. The van der Waals surface area contributed by atoms with Gasteiger partial charge in [-0.3, -0.25) is 4.68 Å². The van der Waals surface area contributed by atoms with Gasteiger partial charge in [0.2, 0.25) is 0 Å². The van der Waals surface area contributed by atoms with Crippen LogP contribution in [-0.2, 0) is 11.3 Å². The molecule has 0 aliphatic carbocycles. The van der Waals surface area contributed by atoms with E-state index in [0.29, 0.717) is 13.1 Å². The van der Waals surface area contributed by atoms with Crippen LogP contribution in [0.25, 0.3) is 0 Å². The van der Waals surface area contributed by atoms with Crippen LogP contribution < -0.4 is 5.32 Å².